The van der Waals surface area contributed by atoms with Gasteiger partial charge in [0.1, 0.15) is 5.69 Å². The lowest BCUT2D eigenvalue weighted by Crippen LogP contribution is -2.05. The Balaban J connectivity index is 2.30. The van der Waals surface area contributed by atoms with Crippen LogP contribution in [0.3, 0.4) is 0 Å². The van der Waals surface area contributed by atoms with E-state index in [1.807, 2.05) is 16.8 Å². The quantitative estimate of drug-likeness (QED) is 0.887. The SMILES string of the molecule is CCCNc1ncc(F)c(-c2ccsc2)n1. The lowest BCUT2D eigenvalue weighted by atomic mass is 10.2. The molecule has 0 spiro atoms. The minimum atomic E-state index is -0.388. The summed E-state index contributed by atoms with van der Waals surface area (Å²) in [5.74, 6) is 0.0879. The summed E-state index contributed by atoms with van der Waals surface area (Å²) in [5.41, 5.74) is 1.15. The van der Waals surface area contributed by atoms with Gasteiger partial charge < -0.3 is 5.32 Å². The van der Waals surface area contributed by atoms with Gasteiger partial charge in [-0.2, -0.15) is 11.3 Å². The van der Waals surface area contributed by atoms with Gasteiger partial charge >= 0.3 is 0 Å². The zero-order chi connectivity index (χ0) is 11.4. The first-order chi connectivity index (χ1) is 7.81. The molecule has 0 aliphatic heterocycles. The zero-order valence-electron chi connectivity index (χ0n) is 8.90. The molecule has 84 valence electrons. The van der Waals surface area contributed by atoms with Crippen LogP contribution in [0.4, 0.5) is 10.3 Å². The summed E-state index contributed by atoms with van der Waals surface area (Å²) < 4.78 is 13.5. The van der Waals surface area contributed by atoms with Crippen molar-refractivity contribution in [3.05, 3.63) is 28.8 Å². The Hall–Kier alpha value is -1.49. The molecule has 0 saturated heterocycles. The third kappa shape index (κ3) is 2.36. The summed E-state index contributed by atoms with van der Waals surface area (Å²) in [4.78, 5) is 8.05. The Morgan fingerprint density at radius 1 is 1.50 bits per heavy atom. The van der Waals surface area contributed by atoms with Gasteiger partial charge in [0.05, 0.1) is 6.20 Å². The molecule has 5 heteroatoms. The summed E-state index contributed by atoms with van der Waals surface area (Å²) in [7, 11) is 0. The number of nitrogens with one attached hydrogen (secondary N) is 1. The monoisotopic (exact) mass is 237 g/mol. The molecule has 0 atom stereocenters. The third-order valence-electron chi connectivity index (χ3n) is 2.07. The first-order valence-electron chi connectivity index (χ1n) is 5.10. The Morgan fingerprint density at radius 3 is 3.06 bits per heavy atom. The molecule has 0 aliphatic carbocycles. The van der Waals surface area contributed by atoms with E-state index in [2.05, 4.69) is 22.2 Å². The predicted octanol–water partition coefficient (Wildman–Crippen LogP) is 3.17. The molecule has 16 heavy (non-hydrogen) atoms. The topological polar surface area (TPSA) is 37.8 Å². The van der Waals surface area contributed by atoms with Crippen LogP contribution in [0, 0.1) is 5.82 Å². The van der Waals surface area contributed by atoms with Crippen molar-refractivity contribution >= 4 is 17.3 Å². The standard InChI is InChI=1S/C11H12FN3S/c1-2-4-13-11-14-6-9(12)10(15-11)8-3-5-16-7-8/h3,5-7H,2,4H2,1H3,(H,13,14,15). The number of nitrogens with zero attached hydrogens (tertiary/aromatic N) is 2. The first-order valence-corrected chi connectivity index (χ1v) is 6.04. The maximum atomic E-state index is 13.5. The van der Waals surface area contributed by atoms with E-state index in [0.29, 0.717) is 11.6 Å². The molecular weight excluding hydrogens is 225 g/mol. The molecule has 3 nitrogen and oxygen atoms in total. The second kappa shape index (κ2) is 5.03. The van der Waals surface area contributed by atoms with E-state index in [1.165, 1.54) is 17.5 Å². The molecule has 0 aliphatic rings. The second-order valence-corrected chi connectivity index (χ2v) is 4.11. The van der Waals surface area contributed by atoms with Gasteiger partial charge in [-0.05, 0) is 17.9 Å². The molecule has 2 heterocycles. The van der Waals surface area contributed by atoms with E-state index in [4.69, 9.17) is 0 Å². The highest BCUT2D eigenvalue weighted by Crippen LogP contribution is 2.23. The zero-order valence-corrected chi connectivity index (χ0v) is 9.72. The van der Waals surface area contributed by atoms with E-state index in [0.717, 1.165) is 18.5 Å². The second-order valence-electron chi connectivity index (χ2n) is 3.33. The van der Waals surface area contributed by atoms with Crippen molar-refractivity contribution in [1.29, 1.82) is 0 Å². The van der Waals surface area contributed by atoms with Gasteiger partial charge in [0.25, 0.3) is 0 Å². The third-order valence-corrected chi connectivity index (χ3v) is 2.76. The fraction of sp³-hybridized carbons (Fsp3) is 0.273. The Labute approximate surface area is 97.4 Å². The average molecular weight is 237 g/mol. The van der Waals surface area contributed by atoms with Crippen LogP contribution in [0.15, 0.2) is 23.0 Å². The van der Waals surface area contributed by atoms with Crippen molar-refractivity contribution in [2.24, 2.45) is 0 Å². The van der Waals surface area contributed by atoms with Crippen molar-refractivity contribution in [2.75, 3.05) is 11.9 Å². The highest BCUT2D eigenvalue weighted by atomic mass is 32.1. The van der Waals surface area contributed by atoms with Crippen molar-refractivity contribution in [3.8, 4) is 11.3 Å². The lowest BCUT2D eigenvalue weighted by molar-refractivity contribution is 0.618. The fourth-order valence-corrected chi connectivity index (χ4v) is 1.93. The Bertz CT molecular complexity index is 456. The number of aromatic nitrogens is 2. The minimum absolute atomic E-state index is 0.356. The van der Waals surface area contributed by atoms with Gasteiger partial charge in [-0.15, -0.1) is 0 Å². The molecule has 2 aromatic heterocycles. The van der Waals surface area contributed by atoms with Gasteiger partial charge in [0, 0.05) is 17.5 Å². The normalized spacial score (nSPS) is 10.4. The molecule has 0 radical (unpaired) electrons. The van der Waals surface area contributed by atoms with E-state index in [9.17, 15) is 4.39 Å². The molecule has 0 unspecified atom stereocenters. The molecule has 0 saturated carbocycles. The van der Waals surface area contributed by atoms with Gasteiger partial charge in [-0.1, -0.05) is 6.92 Å². The summed E-state index contributed by atoms with van der Waals surface area (Å²) in [6.45, 7) is 2.84. The van der Waals surface area contributed by atoms with Crippen LogP contribution in [0.1, 0.15) is 13.3 Å². The van der Waals surface area contributed by atoms with Crippen LogP contribution in [-0.2, 0) is 0 Å². The van der Waals surface area contributed by atoms with Crippen LogP contribution in [0.2, 0.25) is 0 Å². The van der Waals surface area contributed by atoms with Crippen molar-refractivity contribution < 1.29 is 4.39 Å². The van der Waals surface area contributed by atoms with E-state index in [1.54, 1.807) is 0 Å². The molecule has 0 amide bonds. The van der Waals surface area contributed by atoms with Crippen molar-refractivity contribution in [1.82, 2.24) is 9.97 Å². The van der Waals surface area contributed by atoms with Crippen LogP contribution in [0.5, 0.6) is 0 Å². The largest absolute Gasteiger partial charge is 0.354 e. The Kier molecular flexibility index (Phi) is 3.46. The predicted molar refractivity (Wildman–Crippen MR) is 64.1 cm³/mol. The Morgan fingerprint density at radius 2 is 2.38 bits per heavy atom. The van der Waals surface area contributed by atoms with Crippen LogP contribution < -0.4 is 5.32 Å². The first kappa shape index (κ1) is 11.0. The van der Waals surface area contributed by atoms with E-state index >= 15 is 0 Å². The average Bonchev–Trinajstić information content (AvgIpc) is 2.81. The van der Waals surface area contributed by atoms with E-state index < -0.39 is 0 Å². The van der Waals surface area contributed by atoms with Crippen molar-refractivity contribution in [3.63, 3.8) is 0 Å². The number of hydrogen-bond acceptors (Lipinski definition) is 4. The molecule has 0 fully saturated rings. The summed E-state index contributed by atoms with van der Waals surface area (Å²) in [6.07, 6.45) is 2.19. The lowest BCUT2D eigenvalue weighted by Gasteiger charge is -2.05. The molecule has 0 aromatic carbocycles. The molecule has 1 N–H and O–H groups in total. The van der Waals surface area contributed by atoms with Crippen LogP contribution >= 0.6 is 11.3 Å². The fourth-order valence-electron chi connectivity index (χ4n) is 1.29. The van der Waals surface area contributed by atoms with Crippen LogP contribution in [0.25, 0.3) is 11.3 Å². The molecule has 0 bridgehead atoms. The maximum Gasteiger partial charge on any atom is 0.223 e. The maximum absolute atomic E-state index is 13.5. The molecule has 2 rings (SSSR count). The number of anilines is 1. The number of hydrogen-bond donors (Lipinski definition) is 1. The van der Waals surface area contributed by atoms with Gasteiger partial charge in [0.15, 0.2) is 5.82 Å². The summed E-state index contributed by atoms with van der Waals surface area (Å²) in [6, 6.07) is 1.85. The molecule has 2 aromatic rings. The highest BCUT2D eigenvalue weighted by molar-refractivity contribution is 7.08. The summed E-state index contributed by atoms with van der Waals surface area (Å²) >= 11 is 1.52. The van der Waals surface area contributed by atoms with Crippen molar-refractivity contribution in [2.45, 2.75) is 13.3 Å². The van der Waals surface area contributed by atoms with Gasteiger partial charge in [0.2, 0.25) is 5.95 Å². The smallest absolute Gasteiger partial charge is 0.223 e. The summed E-state index contributed by atoms with van der Waals surface area (Å²) in [5, 5.41) is 6.81. The number of thiophene rings is 1. The highest BCUT2D eigenvalue weighted by Gasteiger charge is 2.09. The number of rotatable bonds is 4. The number of halogens is 1. The minimum Gasteiger partial charge on any atom is -0.354 e. The van der Waals surface area contributed by atoms with E-state index in [-0.39, 0.29) is 5.82 Å². The molecular formula is C11H12FN3S. The van der Waals surface area contributed by atoms with Crippen LogP contribution in [-0.4, -0.2) is 16.5 Å². The van der Waals surface area contributed by atoms with Gasteiger partial charge in [-0.25, -0.2) is 14.4 Å². The van der Waals surface area contributed by atoms with Gasteiger partial charge in [-0.3, -0.25) is 0 Å².